The molecule has 0 spiro atoms. The number of aromatic nitrogens is 3. The van der Waals surface area contributed by atoms with E-state index in [-0.39, 0.29) is 6.04 Å². The van der Waals surface area contributed by atoms with Crippen LogP contribution in [0.3, 0.4) is 0 Å². The average Bonchev–Trinajstić information content (AvgIpc) is 3.23. The lowest BCUT2D eigenvalue weighted by Gasteiger charge is -2.38. The van der Waals surface area contributed by atoms with Crippen molar-refractivity contribution >= 4 is 12.2 Å². The van der Waals surface area contributed by atoms with Crippen LogP contribution in [0.25, 0.3) is 11.4 Å². The third-order valence-corrected chi connectivity index (χ3v) is 6.73. The summed E-state index contributed by atoms with van der Waals surface area (Å²) in [7, 11) is 3.36. The van der Waals surface area contributed by atoms with Gasteiger partial charge >= 0.3 is 0 Å². The van der Waals surface area contributed by atoms with Gasteiger partial charge in [-0.1, -0.05) is 60.2 Å². The first-order valence-corrected chi connectivity index (χ1v) is 11.8. The van der Waals surface area contributed by atoms with Crippen LogP contribution >= 0.6 is 12.2 Å². The fraction of sp³-hybridized carbons (Fsp3) is 0.259. The first-order chi connectivity index (χ1) is 16.6. The highest BCUT2D eigenvalue weighted by Gasteiger charge is 2.31. The third kappa shape index (κ3) is 4.24. The Kier molecular flexibility index (Phi) is 6.22. The lowest BCUT2D eigenvalue weighted by molar-refractivity contribution is 0.155. The van der Waals surface area contributed by atoms with Crippen molar-refractivity contribution in [3.8, 4) is 22.9 Å². The second-order valence-corrected chi connectivity index (χ2v) is 8.94. The highest BCUT2D eigenvalue weighted by Crippen LogP contribution is 2.41. The summed E-state index contributed by atoms with van der Waals surface area (Å²) in [5.41, 5.74) is 5.96. The molecule has 2 heterocycles. The fourth-order valence-corrected chi connectivity index (χ4v) is 4.85. The lowest BCUT2D eigenvalue weighted by Crippen LogP contribution is -2.37. The first-order valence-electron chi connectivity index (χ1n) is 11.3. The van der Waals surface area contributed by atoms with Crippen LogP contribution in [0, 0.1) is 11.7 Å². The zero-order chi connectivity index (χ0) is 23.7. The van der Waals surface area contributed by atoms with Crippen LogP contribution in [0.2, 0.25) is 0 Å². The van der Waals surface area contributed by atoms with Crippen LogP contribution in [0.5, 0.6) is 11.5 Å². The van der Waals surface area contributed by atoms with E-state index in [1.165, 1.54) is 22.3 Å². The van der Waals surface area contributed by atoms with E-state index in [4.69, 9.17) is 21.7 Å². The van der Waals surface area contributed by atoms with Crippen LogP contribution < -0.4 is 9.47 Å². The van der Waals surface area contributed by atoms with Crippen LogP contribution in [0.4, 0.5) is 0 Å². The Balaban J connectivity index is 1.53. The predicted molar refractivity (Wildman–Crippen MR) is 136 cm³/mol. The van der Waals surface area contributed by atoms with Crippen molar-refractivity contribution in [2.45, 2.75) is 26.1 Å². The highest BCUT2D eigenvalue weighted by molar-refractivity contribution is 7.71. The normalized spacial score (nSPS) is 15.7. The molecule has 1 atom stereocenters. The maximum atomic E-state index is 5.64. The quantitative estimate of drug-likeness (QED) is 0.374. The summed E-state index contributed by atoms with van der Waals surface area (Å²) in [5, 5.41) is 3.42. The van der Waals surface area contributed by atoms with E-state index in [1.807, 2.05) is 10.7 Å². The van der Waals surface area contributed by atoms with Crippen molar-refractivity contribution in [1.29, 1.82) is 0 Å². The Hall–Kier alpha value is -3.42. The molecule has 174 valence electrons. The Morgan fingerprint density at radius 3 is 2.41 bits per heavy atom. The van der Waals surface area contributed by atoms with Gasteiger partial charge in [0.1, 0.15) is 0 Å². The molecule has 34 heavy (non-hydrogen) atoms. The maximum Gasteiger partial charge on any atom is 0.217 e. The molecule has 0 fully saturated rings. The number of aromatic amines is 1. The topological polar surface area (TPSA) is 55.3 Å². The fourth-order valence-electron chi connectivity index (χ4n) is 4.65. The molecular formula is C27H28N4O2S. The summed E-state index contributed by atoms with van der Waals surface area (Å²) in [6, 6.07) is 23.1. The minimum atomic E-state index is 0.0535. The zero-order valence-electron chi connectivity index (χ0n) is 19.6. The number of hydrogen-bond acceptors (Lipinski definition) is 5. The van der Waals surface area contributed by atoms with Crippen LogP contribution in [0.1, 0.15) is 28.3 Å². The van der Waals surface area contributed by atoms with Gasteiger partial charge in [-0.15, -0.1) is 0 Å². The van der Waals surface area contributed by atoms with Crippen molar-refractivity contribution in [2.24, 2.45) is 0 Å². The molecule has 1 unspecified atom stereocenters. The molecule has 3 aromatic carbocycles. The number of rotatable bonds is 6. The number of fused-ring (bicyclic) bond motifs is 1. The summed E-state index contributed by atoms with van der Waals surface area (Å²) in [6.07, 6.45) is 0.908. The molecule has 0 radical (unpaired) electrons. The van der Waals surface area contributed by atoms with Crippen molar-refractivity contribution in [1.82, 2.24) is 19.7 Å². The summed E-state index contributed by atoms with van der Waals surface area (Å²) in [4.78, 5) is 7.05. The minimum absolute atomic E-state index is 0.0535. The molecule has 1 aromatic heterocycles. The lowest BCUT2D eigenvalue weighted by atomic mass is 9.88. The largest absolute Gasteiger partial charge is 0.493 e. The first kappa shape index (κ1) is 22.4. The van der Waals surface area contributed by atoms with E-state index in [0.717, 1.165) is 35.9 Å². The number of hydrogen-bond donors (Lipinski definition) is 1. The molecule has 0 bridgehead atoms. The third-order valence-electron chi connectivity index (χ3n) is 6.42. The standard InChI is InChI=1S/C27H28N4O2S/c1-18-9-11-20(12-10-18)26-28-27(34)31(29-26)17-30-14-13-21-15-23(32-2)24(33-3)16-22(21)25(30)19-7-5-4-6-8-19/h4-12,15-16,25H,13-14,17H2,1-3H3,(H,28,29,34). The van der Waals surface area contributed by atoms with Gasteiger partial charge < -0.3 is 9.47 Å². The molecule has 4 aromatic rings. The van der Waals surface area contributed by atoms with E-state index < -0.39 is 0 Å². The highest BCUT2D eigenvalue weighted by atomic mass is 32.1. The zero-order valence-corrected chi connectivity index (χ0v) is 20.4. The molecule has 0 saturated heterocycles. The van der Waals surface area contributed by atoms with E-state index in [0.29, 0.717) is 11.4 Å². The molecule has 0 saturated carbocycles. The molecule has 6 nitrogen and oxygen atoms in total. The smallest absolute Gasteiger partial charge is 0.217 e. The second-order valence-electron chi connectivity index (χ2n) is 8.57. The van der Waals surface area contributed by atoms with E-state index in [2.05, 4.69) is 82.6 Å². The van der Waals surface area contributed by atoms with Crippen LogP contribution in [0.15, 0.2) is 66.7 Å². The molecule has 1 aliphatic heterocycles. The van der Waals surface area contributed by atoms with Crippen molar-refractivity contribution in [3.63, 3.8) is 0 Å². The van der Waals surface area contributed by atoms with Gasteiger partial charge in [-0.05, 0) is 54.4 Å². The summed E-state index contributed by atoms with van der Waals surface area (Å²) >= 11 is 5.63. The summed E-state index contributed by atoms with van der Waals surface area (Å²) < 4.78 is 13.7. The van der Waals surface area contributed by atoms with E-state index >= 15 is 0 Å². The number of benzene rings is 3. The Morgan fingerprint density at radius 2 is 1.71 bits per heavy atom. The van der Waals surface area contributed by atoms with Gasteiger partial charge in [0, 0.05) is 12.1 Å². The van der Waals surface area contributed by atoms with Gasteiger partial charge in [0.15, 0.2) is 17.3 Å². The predicted octanol–water partition coefficient (Wildman–Crippen LogP) is 5.54. The van der Waals surface area contributed by atoms with Gasteiger partial charge in [0.2, 0.25) is 4.77 Å². The Labute approximate surface area is 204 Å². The Bertz CT molecular complexity index is 1350. The Morgan fingerprint density at radius 1 is 1.00 bits per heavy atom. The number of nitrogens with zero attached hydrogens (tertiary/aromatic N) is 3. The molecular weight excluding hydrogens is 444 g/mol. The van der Waals surface area contributed by atoms with Gasteiger partial charge in [-0.2, -0.15) is 4.98 Å². The van der Waals surface area contributed by atoms with Crippen molar-refractivity contribution in [2.75, 3.05) is 20.8 Å². The number of aryl methyl sites for hydroxylation is 1. The summed E-state index contributed by atoms with van der Waals surface area (Å²) in [6.45, 7) is 3.56. The SMILES string of the molecule is COc1cc2c(cc1OC)C(c1ccccc1)N(Cn1[nH]c(-c3ccc(C)cc3)nc1=S)CC2. The summed E-state index contributed by atoms with van der Waals surface area (Å²) in [5.74, 6) is 2.29. The van der Waals surface area contributed by atoms with Gasteiger partial charge in [0.25, 0.3) is 0 Å². The van der Waals surface area contributed by atoms with E-state index in [9.17, 15) is 0 Å². The van der Waals surface area contributed by atoms with Crippen LogP contribution in [-0.2, 0) is 13.1 Å². The van der Waals surface area contributed by atoms with Gasteiger partial charge in [0.05, 0.1) is 26.9 Å². The van der Waals surface area contributed by atoms with Gasteiger partial charge in [-0.3, -0.25) is 10.00 Å². The van der Waals surface area contributed by atoms with Crippen molar-refractivity contribution < 1.29 is 9.47 Å². The molecule has 1 aliphatic rings. The molecule has 7 heteroatoms. The van der Waals surface area contributed by atoms with Gasteiger partial charge in [-0.25, -0.2) is 4.68 Å². The van der Waals surface area contributed by atoms with Crippen molar-refractivity contribution in [3.05, 3.63) is 93.8 Å². The molecule has 0 aliphatic carbocycles. The molecule has 5 rings (SSSR count). The minimum Gasteiger partial charge on any atom is -0.493 e. The number of ether oxygens (including phenoxy) is 2. The maximum absolute atomic E-state index is 5.64. The average molecular weight is 473 g/mol. The second kappa shape index (κ2) is 9.44. The number of H-pyrrole nitrogens is 1. The molecule has 1 N–H and O–H groups in total. The van der Waals surface area contributed by atoms with Crippen LogP contribution in [-0.4, -0.2) is 40.4 Å². The number of nitrogens with one attached hydrogen (secondary N) is 1. The van der Waals surface area contributed by atoms with E-state index in [1.54, 1.807) is 14.2 Å². The monoisotopic (exact) mass is 472 g/mol. The number of methoxy groups -OCH3 is 2. The molecule has 0 amide bonds.